The van der Waals surface area contributed by atoms with Gasteiger partial charge >= 0.3 is 0 Å². The Labute approximate surface area is 105 Å². The molecule has 16 heavy (non-hydrogen) atoms. The minimum atomic E-state index is -0.142. The predicted octanol–water partition coefficient (Wildman–Crippen LogP) is 3.44. The number of piperidine rings is 1. The summed E-state index contributed by atoms with van der Waals surface area (Å²) < 4.78 is 14.2. The van der Waals surface area contributed by atoms with E-state index < -0.39 is 0 Å². The lowest BCUT2D eigenvalue weighted by Crippen LogP contribution is -2.31. The third kappa shape index (κ3) is 2.83. The van der Waals surface area contributed by atoms with Crippen LogP contribution in [0.3, 0.4) is 0 Å². The van der Waals surface area contributed by atoms with Crippen molar-refractivity contribution in [2.45, 2.75) is 26.2 Å². The van der Waals surface area contributed by atoms with Crippen molar-refractivity contribution in [3.05, 3.63) is 33.5 Å². The maximum absolute atomic E-state index is 13.3. The van der Waals surface area contributed by atoms with Crippen LogP contribution in [0.15, 0.2) is 16.6 Å². The Morgan fingerprint density at radius 1 is 1.50 bits per heavy atom. The zero-order chi connectivity index (χ0) is 11.5. The van der Waals surface area contributed by atoms with Crippen molar-refractivity contribution in [3.8, 4) is 0 Å². The normalized spacial score (nSPS) is 21.1. The smallest absolute Gasteiger partial charge is 0.124 e. The summed E-state index contributed by atoms with van der Waals surface area (Å²) in [7, 11) is 0. The summed E-state index contributed by atoms with van der Waals surface area (Å²) in [6.45, 7) is 4.24. The first-order valence-corrected chi connectivity index (χ1v) is 6.61. The highest BCUT2D eigenvalue weighted by molar-refractivity contribution is 9.10. The summed E-state index contributed by atoms with van der Waals surface area (Å²) in [5, 5.41) is 3.40. The molecule has 1 aromatic rings. The number of nitrogens with one attached hydrogen (secondary N) is 1. The summed E-state index contributed by atoms with van der Waals surface area (Å²) in [6.07, 6.45) is 3.47. The van der Waals surface area contributed by atoms with Crippen LogP contribution in [-0.2, 0) is 6.42 Å². The molecule has 1 saturated heterocycles. The fraction of sp³-hybridized carbons (Fsp3) is 0.538. The van der Waals surface area contributed by atoms with Gasteiger partial charge < -0.3 is 5.32 Å². The monoisotopic (exact) mass is 285 g/mol. The van der Waals surface area contributed by atoms with Crippen LogP contribution >= 0.6 is 15.9 Å². The second kappa shape index (κ2) is 5.28. The number of hydrogen-bond acceptors (Lipinski definition) is 1. The number of benzene rings is 1. The van der Waals surface area contributed by atoms with E-state index in [4.69, 9.17) is 0 Å². The Morgan fingerprint density at radius 2 is 2.31 bits per heavy atom. The molecule has 1 unspecified atom stereocenters. The largest absolute Gasteiger partial charge is 0.316 e. The van der Waals surface area contributed by atoms with Gasteiger partial charge in [0.15, 0.2) is 0 Å². The quantitative estimate of drug-likeness (QED) is 0.878. The Hall–Kier alpha value is -0.410. The van der Waals surface area contributed by atoms with Gasteiger partial charge in [-0.25, -0.2) is 4.39 Å². The molecule has 88 valence electrons. The molecule has 0 radical (unpaired) electrons. The van der Waals surface area contributed by atoms with Crippen molar-refractivity contribution in [1.82, 2.24) is 5.32 Å². The third-order valence-electron chi connectivity index (χ3n) is 3.32. The number of rotatable bonds is 2. The number of halogens is 2. The molecule has 0 saturated carbocycles. The second-order valence-corrected chi connectivity index (χ2v) is 5.44. The van der Waals surface area contributed by atoms with Gasteiger partial charge in [0.05, 0.1) is 0 Å². The highest BCUT2D eigenvalue weighted by Gasteiger charge is 2.15. The van der Waals surface area contributed by atoms with Crippen LogP contribution in [0.5, 0.6) is 0 Å². The zero-order valence-electron chi connectivity index (χ0n) is 9.52. The van der Waals surface area contributed by atoms with E-state index in [1.165, 1.54) is 24.5 Å². The van der Waals surface area contributed by atoms with Crippen LogP contribution in [0.2, 0.25) is 0 Å². The van der Waals surface area contributed by atoms with Gasteiger partial charge in [0.2, 0.25) is 0 Å². The Morgan fingerprint density at radius 3 is 3.00 bits per heavy atom. The lowest BCUT2D eigenvalue weighted by Gasteiger charge is -2.23. The average Bonchev–Trinajstić information content (AvgIpc) is 2.27. The van der Waals surface area contributed by atoms with E-state index in [0.29, 0.717) is 5.92 Å². The van der Waals surface area contributed by atoms with Crippen molar-refractivity contribution >= 4 is 15.9 Å². The molecule has 0 amide bonds. The molecule has 2 rings (SSSR count). The van der Waals surface area contributed by atoms with Crippen LogP contribution < -0.4 is 5.32 Å². The summed E-state index contributed by atoms with van der Waals surface area (Å²) in [5.41, 5.74) is 2.31. The van der Waals surface area contributed by atoms with E-state index in [2.05, 4.69) is 28.2 Å². The molecule has 0 spiro atoms. The van der Waals surface area contributed by atoms with Gasteiger partial charge in [-0.1, -0.05) is 15.9 Å². The standard InChI is InChI=1S/C13H17BrFN/c1-9-11(6-12(15)7-13(9)14)5-10-3-2-4-16-8-10/h6-7,10,16H,2-5,8H2,1H3. The molecular formula is C13H17BrFN. The Bertz CT molecular complexity index is 372. The van der Waals surface area contributed by atoms with Gasteiger partial charge in [-0.05, 0) is 68.5 Å². The maximum atomic E-state index is 13.3. The molecule has 1 nitrogen and oxygen atoms in total. The van der Waals surface area contributed by atoms with Crippen LogP contribution in [-0.4, -0.2) is 13.1 Å². The molecule has 1 fully saturated rings. The number of hydrogen-bond donors (Lipinski definition) is 1. The van der Waals surface area contributed by atoms with Crippen molar-refractivity contribution in [3.63, 3.8) is 0 Å². The molecule has 1 aliphatic heterocycles. The Kier molecular flexibility index (Phi) is 3.98. The molecular weight excluding hydrogens is 269 g/mol. The SMILES string of the molecule is Cc1c(Br)cc(F)cc1CC1CCCNC1. The summed E-state index contributed by atoms with van der Waals surface area (Å²) in [4.78, 5) is 0. The van der Waals surface area contributed by atoms with Crippen molar-refractivity contribution < 1.29 is 4.39 Å². The van der Waals surface area contributed by atoms with E-state index in [9.17, 15) is 4.39 Å². The molecule has 3 heteroatoms. The maximum Gasteiger partial charge on any atom is 0.124 e. The molecule has 1 aromatic carbocycles. The highest BCUT2D eigenvalue weighted by atomic mass is 79.9. The van der Waals surface area contributed by atoms with Crippen molar-refractivity contribution in [2.75, 3.05) is 13.1 Å². The lowest BCUT2D eigenvalue weighted by atomic mass is 9.90. The van der Waals surface area contributed by atoms with Crippen LogP contribution in [0.25, 0.3) is 0 Å². The topological polar surface area (TPSA) is 12.0 Å². The minimum Gasteiger partial charge on any atom is -0.316 e. The van der Waals surface area contributed by atoms with Crippen LogP contribution in [0.1, 0.15) is 24.0 Å². The molecule has 0 bridgehead atoms. The van der Waals surface area contributed by atoms with Crippen molar-refractivity contribution in [2.24, 2.45) is 5.92 Å². The van der Waals surface area contributed by atoms with Gasteiger partial charge in [-0.3, -0.25) is 0 Å². The molecule has 1 heterocycles. The summed E-state index contributed by atoms with van der Waals surface area (Å²) in [6, 6.07) is 3.21. The van der Waals surface area contributed by atoms with E-state index >= 15 is 0 Å². The fourth-order valence-electron chi connectivity index (χ4n) is 2.32. The first-order valence-electron chi connectivity index (χ1n) is 5.82. The summed E-state index contributed by atoms with van der Waals surface area (Å²) in [5.74, 6) is 0.511. The molecule has 1 N–H and O–H groups in total. The summed E-state index contributed by atoms with van der Waals surface area (Å²) >= 11 is 3.41. The van der Waals surface area contributed by atoms with E-state index in [-0.39, 0.29) is 5.82 Å². The van der Waals surface area contributed by atoms with Gasteiger partial charge in [0, 0.05) is 4.47 Å². The molecule has 1 atom stereocenters. The van der Waals surface area contributed by atoms with Crippen molar-refractivity contribution in [1.29, 1.82) is 0 Å². The van der Waals surface area contributed by atoms with Gasteiger partial charge in [0.1, 0.15) is 5.82 Å². The van der Waals surface area contributed by atoms with Gasteiger partial charge in [0.25, 0.3) is 0 Å². The molecule has 1 aliphatic rings. The predicted molar refractivity (Wildman–Crippen MR) is 68.1 cm³/mol. The van der Waals surface area contributed by atoms with Crippen LogP contribution in [0.4, 0.5) is 4.39 Å². The molecule has 0 aromatic heterocycles. The first-order chi connectivity index (χ1) is 7.66. The van der Waals surface area contributed by atoms with E-state index in [1.54, 1.807) is 6.07 Å². The highest BCUT2D eigenvalue weighted by Crippen LogP contribution is 2.25. The van der Waals surface area contributed by atoms with E-state index in [0.717, 1.165) is 29.5 Å². The molecule has 0 aliphatic carbocycles. The van der Waals surface area contributed by atoms with E-state index in [1.807, 2.05) is 0 Å². The lowest BCUT2D eigenvalue weighted by molar-refractivity contribution is 0.375. The zero-order valence-corrected chi connectivity index (χ0v) is 11.1. The Balaban J connectivity index is 2.13. The van der Waals surface area contributed by atoms with Gasteiger partial charge in [-0.2, -0.15) is 0 Å². The first kappa shape index (κ1) is 12.1. The third-order valence-corrected chi connectivity index (χ3v) is 4.15. The second-order valence-electron chi connectivity index (χ2n) is 4.59. The minimum absolute atomic E-state index is 0.142. The van der Waals surface area contributed by atoms with Gasteiger partial charge in [-0.15, -0.1) is 0 Å². The average molecular weight is 286 g/mol. The fourth-order valence-corrected chi connectivity index (χ4v) is 2.79. The van der Waals surface area contributed by atoms with Crippen LogP contribution in [0, 0.1) is 18.7 Å².